The first-order chi connectivity index (χ1) is 9.36. The minimum Gasteiger partial charge on any atom is -0.385 e. The molecule has 0 atom stereocenters. The van der Waals surface area contributed by atoms with Crippen LogP contribution < -0.4 is 10.0 Å². The molecule has 0 aromatic carbocycles. The number of methoxy groups -OCH3 is 1. The predicted octanol–water partition coefficient (Wildman–Crippen LogP) is 1.87. The van der Waals surface area contributed by atoms with Crippen molar-refractivity contribution >= 4 is 21.4 Å². The van der Waals surface area contributed by atoms with Gasteiger partial charge in [0.05, 0.1) is 4.90 Å². The molecule has 0 amide bonds. The summed E-state index contributed by atoms with van der Waals surface area (Å²) in [5.74, 6) is 0. The predicted molar refractivity (Wildman–Crippen MR) is 82.7 cm³/mol. The van der Waals surface area contributed by atoms with Crippen molar-refractivity contribution < 1.29 is 13.2 Å². The van der Waals surface area contributed by atoms with Crippen LogP contribution in [-0.2, 0) is 21.3 Å². The molecule has 0 fully saturated rings. The van der Waals surface area contributed by atoms with Crippen molar-refractivity contribution in [1.29, 1.82) is 0 Å². The van der Waals surface area contributed by atoms with E-state index in [9.17, 15) is 8.42 Å². The second-order valence-electron chi connectivity index (χ2n) is 4.91. The molecule has 1 aromatic rings. The van der Waals surface area contributed by atoms with Crippen molar-refractivity contribution in [2.24, 2.45) is 0 Å². The van der Waals surface area contributed by atoms with Crippen molar-refractivity contribution in [2.45, 2.75) is 44.7 Å². The van der Waals surface area contributed by atoms with Crippen LogP contribution in [0.4, 0.5) is 0 Å². The van der Waals surface area contributed by atoms with E-state index in [1.807, 2.05) is 6.92 Å². The third-order valence-electron chi connectivity index (χ3n) is 2.71. The standard InChI is InChI=1S/C13H24N2O3S2/c1-10(2)14-9-12-8-13(11(3)19-12)20(16,17)15-6-5-7-18-4/h8,10,14-15H,5-7,9H2,1-4H3. The molecule has 0 aliphatic rings. The summed E-state index contributed by atoms with van der Waals surface area (Å²) in [6, 6.07) is 2.14. The summed E-state index contributed by atoms with van der Waals surface area (Å²) in [5, 5.41) is 3.29. The maximum Gasteiger partial charge on any atom is 0.241 e. The van der Waals surface area contributed by atoms with Gasteiger partial charge in [0.25, 0.3) is 0 Å². The number of aryl methyl sites for hydroxylation is 1. The Morgan fingerprint density at radius 2 is 2.10 bits per heavy atom. The van der Waals surface area contributed by atoms with Gasteiger partial charge in [0.1, 0.15) is 0 Å². The van der Waals surface area contributed by atoms with Gasteiger partial charge in [-0.25, -0.2) is 13.1 Å². The molecular weight excluding hydrogens is 296 g/mol. The molecule has 7 heteroatoms. The molecule has 1 aromatic heterocycles. The van der Waals surface area contributed by atoms with E-state index in [0.29, 0.717) is 37.1 Å². The zero-order valence-corrected chi connectivity index (χ0v) is 14.2. The van der Waals surface area contributed by atoms with Gasteiger partial charge in [-0.1, -0.05) is 13.8 Å². The lowest BCUT2D eigenvalue weighted by Gasteiger charge is -2.06. The van der Waals surface area contributed by atoms with Gasteiger partial charge < -0.3 is 10.1 Å². The Kier molecular flexibility index (Phi) is 7.11. The van der Waals surface area contributed by atoms with Crippen molar-refractivity contribution in [3.8, 4) is 0 Å². The third-order valence-corrected chi connectivity index (χ3v) is 5.48. The third kappa shape index (κ3) is 5.49. The van der Waals surface area contributed by atoms with Crippen LogP contribution in [-0.4, -0.2) is 34.7 Å². The molecule has 20 heavy (non-hydrogen) atoms. The van der Waals surface area contributed by atoms with Crippen LogP contribution in [0.25, 0.3) is 0 Å². The molecule has 0 saturated heterocycles. The second-order valence-corrected chi connectivity index (χ2v) is 7.99. The van der Waals surface area contributed by atoms with Gasteiger partial charge in [-0.05, 0) is 19.4 Å². The molecule has 0 unspecified atom stereocenters. The SMILES string of the molecule is COCCCNS(=O)(=O)c1cc(CNC(C)C)sc1C. The van der Waals surface area contributed by atoms with E-state index in [0.717, 1.165) is 9.75 Å². The number of sulfonamides is 1. The van der Waals surface area contributed by atoms with Crippen LogP contribution in [0.1, 0.15) is 30.0 Å². The van der Waals surface area contributed by atoms with Crippen molar-refractivity contribution in [3.05, 3.63) is 15.8 Å². The maximum atomic E-state index is 12.2. The molecule has 1 heterocycles. The molecular formula is C13H24N2O3S2. The first-order valence-corrected chi connectivity index (χ1v) is 8.98. The Morgan fingerprint density at radius 3 is 2.70 bits per heavy atom. The zero-order valence-electron chi connectivity index (χ0n) is 12.5. The van der Waals surface area contributed by atoms with E-state index >= 15 is 0 Å². The Bertz CT molecular complexity index is 510. The molecule has 1 rings (SSSR count). The molecule has 0 bridgehead atoms. The number of hydrogen-bond donors (Lipinski definition) is 2. The Morgan fingerprint density at radius 1 is 1.40 bits per heavy atom. The molecule has 0 aliphatic carbocycles. The lowest BCUT2D eigenvalue weighted by atomic mass is 10.3. The quantitative estimate of drug-likeness (QED) is 0.682. The fourth-order valence-electron chi connectivity index (χ4n) is 1.68. The van der Waals surface area contributed by atoms with Crippen molar-refractivity contribution in [3.63, 3.8) is 0 Å². The average Bonchev–Trinajstić information content (AvgIpc) is 2.74. The second kappa shape index (κ2) is 8.09. The highest BCUT2D eigenvalue weighted by atomic mass is 32.2. The first-order valence-electron chi connectivity index (χ1n) is 6.68. The van der Waals surface area contributed by atoms with E-state index < -0.39 is 10.0 Å². The lowest BCUT2D eigenvalue weighted by molar-refractivity contribution is 0.196. The normalized spacial score (nSPS) is 12.2. The maximum absolute atomic E-state index is 12.2. The average molecular weight is 320 g/mol. The monoisotopic (exact) mass is 320 g/mol. The van der Waals surface area contributed by atoms with Crippen LogP contribution in [0.15, 0.2) is 11.0 Å². The lowest BCUT2D eigenvalue weighted by Crippen LogP contribution is -2.25. The van der Waals surface area contributed by atoms with Crippen LogP contribution in [0, 0.1) is 6.92 Å². The van der Waals surface area contributed by atoms with E-state index in [2.05, 4.69) is 23.9 Å². The molecule has 116 valence electrons. The van der Waals surface area contributed by atoms with Crippen LogP contribution >= 0.6 is 11.3 Å². The van der Waals surface area contributed by atoms with Crippen LogP contribution in [0.5, 0.6) is 0 Å². The van der Waals surface area contributed by atoms with Gasteiger partial charge in [0, 0.05) is 42.6 Å². The highest BCUT2D eigenvalue weighted by molar-refractivity contribution is 7.89. The summed E-state index contributed by atoms with van der Waals surface area (Å²) in [6.07, 6.45) is 0.667. The Labute approximate surface area is 125 Å². The summed E-state index contributed by atoms with van der Waals surface area (Å²) < 4.78 is 31.9. The molecule has 0 spiro atoms. The van der Waals surface area contributed by atoms with Crippen LogP contribution in [0.2, 0.25) is 0 Å². The zero-order chi connectivity index (χ0) is 15.2. The van der Waals surface area contributed by atoms with Gasteiger partial charge in [0.2, 0.25) is 10.0 Å². The molecule has 2 N–H and O–H groups in total. The van der Waals surface area contributed by atoms with Crippen molar-refractivity contribution in [2.75, 3.05) is 20.3 Å². The van der Waals surface area contributed by atoms with E-state index in [1.165, 1.54) is 11.3 Å². The van der Waals surface area contributed by atoms with Gasteiger partial charge >= 0.3 is 0 Å². The molecule has 0 aliphatic heterocycles. The summed E-state index contributed by atoms with van der Waals surface area (Å²) >= 11 is 1.52. The summed E-state index contributed by atoms with van der Waals surface area (Å²) in [7, 11) is -1.81. The summed E-state index contributed by atoms with van der Waals surface area (Å²) in [6.45, 7) is 7.61. The van der Waals surface area contributed by atoms with Gasteiger partial charge in [0.15, 0.2) is 0 Å². The smallest absolute Gasteiger partial charge is 0.241 e. The number of ether oxygens (including phenoxy) is 1. The van der Waals surface area contributed by atoms with Crippen LogP contribution in [0.3, 0.4) is 0 Å². The number of thiophene rings is 1. The van der Waals surface area contributed by atoms with E-state index in [1.54, 1.807) is 13.2 Å². The number of hydrogen-bond acceptors (Lipinski definition) is 5. The summed E-state index contributed by atoms with van der Waals surface area (Å²) in [4.78, 5) is 2.25. The van der Waals surface area contributed by atoms with Gasteiger partial charge in [-0.2, -0.15) is 0 Å². The fourth-order valence-corrected chi connectivity index (χ4v) is 4.34. The minimum absolute atomic E-state index is 0.379. The highest BCUT2D eigenvalue weighted by Crippen LogP contribution is 2.25. The largest absolute Gasteiger partial charge is 0.385 e. The first kappa shape index (κ1) is 17.6. The van der Waals surface area contributed by atoms with Gasteiger partial charge in [-0.15, -0.1) is 11.3 Å². The van der Waals surface area contributed by atoms with Crippen molar-refractivity contribution in [1.82, 2.24) is 10.0 Å². The molecule has 0 saturated carbocycles. The van der Waals surface area contributed by atoms with Gasteiger partial charge in [-0.3, -0.25) is 0 Å². The highest BCUT2D eigenvalue weighted by Gasteiger charge is 2.19. The Hall–Kier alpha value is -0.470. The number of nitrogens with one attached hydrogen (secondary N) is 2. The molecule has 5 nitrogen and oxygen atoms in total. The Balaban J connectivity index is 2.69. The fraction of sp³-hybridized carbons (Fsp3) is 0.692. The minimum atomic E-state index is -3.41. The number of rotatable bonds is 9. The topological polar surface area (TPSA) is 67.4 Å². The van der Waals surface area contributed by atoms with E-state index in [-0.39, 0.29) is 0 Å². The van der Waals surface area contributed by atoms with E-state index in [4.69, 9.17) is 4.74 Å². The summed E-state index contributed by atoms with van der Waals surface area (Å²) in [5.41, 5.74) is 0. The molecule has 0 radical (unpaired) electrons.